The van der Waals surface area contributed by atoms with Gasteiger partial charge in [0.1, 0.15) is 0 Å². The highest BCUT2D eigenvalue weighted by Gasteiger charge is 2.53. The number of benzene rings is 5. The molecule has 5 aromatic carbocycles. The Hall–Kier alpha value is -3.72. The first kappa shape index (κ1) is 24.3. The number of hydrogen-bond acceptors (Lipinski definition) is 2. The Labute approximate surface area is 239 Å². The topological polar surface area (TPSA) is 0 Å². The van der Waals surface area contributed by atoms with Crippen LogP contribution in [0, 0.1) is 0 Å². The molecule has 0 saturated carbocycles. The third kappa shape index (κ3) is 3.93. The highest BCUT2D eigenvalue weighted by molar-refractivity contribution is 8.00. The first-order chi connectivity index (χ1) is 19.3. The van der Waals surface area contributed by atoms with Crippen molar-refractivity contribution in [2.75, 3.05) is 0 Å². The molecule has 0 radical (unpaired) electrons. The van der Waals surface area contributed by atoms with Gasteiger partial charge in [-0.25, -0.2) is 0 Å². The molecule has 7 rings (SSSR count). The first-order valence-electron chi connectivity index (χ1n) is 13.4. The van der Waals surface area contributed by atoms with Crippen LogP contribution in [0.4, 0.5) is 0 Å². The van der Waals surface area contributed by atoms with Crippen molar-refractivity contribution in [3.63, 3.8) is 0 Å². The Kier molecular flexibility index (Phi) is 6.31. The van der Waals surface area contributed by atoms with Gasteiger partial charge in [-0.1, -0.05) is 139 Å². The summed E-state index contributed by atoms with van der Waals surface area (Å²) in [6.45, 7) is 2.08. The number of thioether (sulfide) groups is 1. The molecule has 39 heavy (non-hydrogen) atoms. The van der Waals surface area contributed by atoms with Crippen LogP contribution in [-0.4, -0.2) is 5.25 Å². The van der Waals surface area contributed by atoms with Crippen molar-refractivity contribution >= 4 is 23.5 Å². The molecule has 2 unspecified atom stereocenters. The minimum absolute atomic E-state index is 0.219. The Bertz CT molecular complexity index is 1720. The number of allylic oxidation sites excluding steroid dienone is 3. The van der Waals surface area contributed by atoms with Crippen molar-refractivity contribution < 1.29 is 0 Å². The van der Waals surface area contributed by atoms with Gasteiger partial charge in [0.25, 0.3) is 0 Å². The van der Waals surface area contributed by atoms with Crippen LogP contribution in [0.3, 0.4) is 0 Å². The van der Waals surface area contributed by atoms with Crippen LogP contribution >= 0.6 is 23.5 Å². The lowest BCUT2D eigenvalue weighted by molar-refractivity contribution is 0.617. The van der Waals surface area contributed by atoms with Crippen LogP contribution in [0.2, 0.25) is 0 Å². The van der Waals surface area contributed by atoms with Crippen molar-refractivity contribution in [2.45, 2.75) is 32.3 Å². The van der Waals surface area contributed by atoms with E-state index in [-0.39, 0.29) is 10.7 Å². The lowest BCUT2D eigenvalue weighted by Gasteiger charge is -2.43. The van der Waals surface area contributed by atoms with Gasteiger partial charge in [0.15, 0.2) is 0 Å². The van der Waals surface area contributed by atoms with Crippen LogP contribution < -0.4 is 0 Å². The summed E-state index contributed by atoms with van der Waals surface area (Å²) in [6, 6.07) is 44.7. The molecule has 188 valence electrons. The quantitative estimate of drug-likeness (QED) is 0.210. The van der Waals surface area contributed by atoms with Crippen LogP contribution in [0.5, 0.6) is 0 Å². The Morgan fingerprint density at radius 3 is 2.08 bits per heavy atom. The van der Waals surface area contributed by atoms with Crippen molar-refractivity contribution in [3.05, 3.63) is 162 Å². The van der Waals surface area contributed by atoms with E-state index in [1.54, 1.807) is 0 Å². The van der Waals surface area contributed by atoms with Gasteiger partial charge >= 0.3 is 0 Å². The van der Waals surface area contributed by atoms with Crippen molar-refractivity contribution in [2.24, 2.45) is 0 Å². The zero-order chi connectivity index (χ0) is 26.2. The zero-order valence-corrected chi connectivity index (χ0v) is 23.4. The predicted molar refractivity (Wildman–Crippen MR) is 168 cm³/mol. The standard InChI is InChI=1S/C37H28S2/c1-2-3-6-22-35-37(30-19-11-12-20-32(30)39-35)31-24-23-28(26-14-7-4-8-15-26)25-34(31)38-33-21-13-18-29(36(33)37)27-16-9-5-10-17-27/h2-25,35H,1H3/b3-2-,22-6-. The molecule has 0 saturated heterocycles. The fraction of sp³-hybridized carbons (Fsp3) is 0.0811. The molecule has 0 N–H and O–H groups in total. The molecule has 0 nitrogen and oxygen atoms in total. The second-order valence-corrected chi connectivity index (χ2v) is 12.2. The third-order valence-corrected chi connectivity index (χ3v) is 10.3. The Morgan fingerprint density at radius 2 is 1.28 bits per heavy atom. The fourth-order valence-corrected chi connectivity index (χ4v) is 8.97. The van der Waals surface area contributed by atoms with Crippen LogP contribution in [-0.2, 0) is 5.41 Å². The average Bonchev–Trinajstić information content (AvgIpc) is 3.32. The molecule has 0 bridgehead atoms. The second-order valence-electron chi connectivity index (χ2n) is 9.98. The maximum atomic E-state index is 2.42. The van der Waals surface area contributed by atoms with Crippen LogP contribution in [0.25, 0.3) is 22.3 Å². The number of rotatable bonds is 4. The normalized spacial score (nSPS) is 19.4. The predicted octanol–water partition coefficient (Wildman–Crippen LogP) is 10.4. The van der Waals surface area contributed by atoms with E-state index < -0.39 is 0 Å². The van der Waals surface area contributed by atoms with Gasteiger partial charge in [0, 0.05) is 19.9 Å². The molecule has 0 aromatic heterocycles. The molecule has 2 heteroatoms. The van der Waals surface area contributed by atoms with E-state index in [9.17, 15) is 0 Å². The molecule has 2 aliphatic rings. The van der Waals surface area contributed by atoms with Gasteiger partial charge in [0.2, 0.25) is 0 Å². The molecular weight excluding hydrogens is 509 g/mol. The molecule has 0 aliphatic carbocycles. The van der Waals surface area contributed by atoms with Gasteiger partial charge in [-0.3, -0.25) is 0 Å². The van der Waals surface area contributed by atoms with Crippen molar-refractivity contribution in [3.8, 4) is 22.3 Å². The lowest BCUT2D eigenvalue weighted by atomic mass is 9.65. The molecule has 2 heterocycles. The largest absolute Gasteiger partial charge is 0.117 e. The highest BCUT2D eigenvalue weighted by Crippen LogP contribution is 2.64. The van der Waals surface area contributed by atoms with E-state index in [0.29, 0.717) is 0 Å². The second kappa shape index (κ2) is 10.1. The molecular formula is C37H28S2. The van der Waals surface area contributed by atoms with Gasteiger partial charge in [0.05, 0.1) is 5.41 Å². The molecule has 0 fully saturated rings. The minimum Gasteiger partial charge on any atom is -0.117 e. The summed E-state index contributed by atoms with van der Waals surface area (Å²) >= 11 is 3.91. The molecule has 0 amide bonds. The summed E-state index contributed by atoms with van der Waals surface area (Å²) in [5.41, 5.74) is 9.03. The molecule has 2 atom stereocenters. The van der Waals surface area contributed by atoms with E-state index in [2.05, 4.69) is 153 Å². The summed E-state index contributed by atoms with van der Waals surface area (Å²) in [6.07, 6.45) is 8.91. The summed E-state index contributed by atoms with van der Waals surface area (Å²) in [7, 11) is 0. The Balaban J connectivity index is 1.57. The molecule has 5 aromatic rings. The number of hydrogen-bond donors (Lipinski definition) is 0. The SMILES string of the molecule is C/C=C\C=C/C1Sc2ccccc2C12c1ccc(-c3ccccc3)cc1Sc1cccc(-c3ccccc3)c12. The summed E-state index contributed by atoms with van der Waals surface area (Å²) in [4.78, 5) is 4.05. The minimum atomic E-state index is -0.309. The summed E-state index contributed by atoms with van der Waals surface area (Å²) in [5.74, 6) is 0. The monoisotopic (exact) mass is 536 g/mol. The van der Waals surface area contributed by atoms with E-state index in [1.807, 2.05) is 23.5 Å². The van der Waals surface area contributed by atoms with E-state index in [4.69, 9.17) is 0 Å². The summed E-state index contributed by atoms with van der Waals surface area (Å²) in [5, 5.41) is 0.219. The summed E-state index contributed by atoms with van der Waals surface area (Å²) < 4.78 is 0. The number of fused-ring (bicyclic) bond motifs is 6. The maximum absolute atomic E-state index is 2.42. The van der Waals surface area contributed by atoms with Gasteiger partial charge in [-0.2, -0.15) is 0 Å². The molecule has 2 aliphatic heterocycles. The Morgan fingerprint density at radius 1 is 0.590 bits per heavy atom. The van der Waals surface area contributed by atoms with Gasteiger partial charge < -0.3 is 0 Å². The third-order valence-electron chi connectivity index (χ3n) is 7.82. The maximum Gasteiger partial charge on any atom is 0.0647 e. The smallest absolute Gasteiger partial charge is 0.0647 e. The average molecular weight is 537 g/mol. The molecule has 1 spiro atoms. The first-order valence-corrected chi connectivity index (χ1v) is 15.1. The fourth-order valence-electron chi connectivity index (χ4n) is 6.19. The van der Waals surface area contributed by atoms with Crippen molar-refractivity contribution in [1.82, 2.24) is 0 Å². The zero-order valence-electron chi connectivity index (χ0n) is 21.8. The lowest BCUT2D eigenvalue weighted by Crippen LogP contribution is -2.39. The van der Waals surface area contributed by atoms with E-state index >= 15 is 0 Å². The van der Waals surface area contributed by atoms with E-state index in [0.717, 1.165) is 0 Å². The van der Waals surface area contributed by atoms with Crippen LogP contribution in [0.1, 0.15) is 23.6 Å². The van der Waals surface area contributed by atoms with Crippen molar-refractivity contribution in [1.29, 1.82) is 0 Å². The highest BCUT2D eigenvalue weighted by atomic mass is 32.2. The van der Waals surface area contributed by atoms with Crippen LogP contribution in [0.15, 0.2) is 160 Å². The van der Waals surface area contributed by atoms with E-state index in [1.165, 1.54) is 53.6 Å². The van der Waals surface area contributed by atoms with Gasteiger partial charge in [-0.05, 0) is 64.1 Å². The van der Waals surface area contributed by atoms with Gasteiger partial charge in [-0.15, -0.1) is 11.8 Å².